The van der Waals surface area contributed by atoms with E-state index in [2.05, 4.69) is 10.2 Å². The Labute approximate surface area is 176 Å². The number of thiophene rings is 1. The van der Waals surface area contributed by atoms with E-state index < -0.39 is 10.0 Å². The van der Waals surface area contributed by atoms with Crippen molar-refractivity contribution in [1.29, 1.82) is 0 Å². The number of nitrogens with one attached hydrogen (secondary N) is 1. The summed E-state index contributed by atoms with van der Waals surface area (Å²) >= 11 is 1.13. The fourth-order valence-corrected chi connectivity index (χ4v) is 5.53. The van der Waals surface area contributed by atoms with E-state index in [1.54, 1.807) is 11.4 Å². The Morgan fingerprint density at radius 3 is 2.48 bits per heavy atom. The van der Waals surface area contributed by atoms with Gasteiger partial charge in [-0.3, -0.25) is 9.69 Å². The Bertz CT molecular complexity index is 890. The zero-order valence-corrected chi connectivity index (χ0v) is 18.1. The molecule has 3 rings (SSSR count). The molecule has 1 aromatic carbocycles. The van der Waals surface area contributed by atoms with Gasteiger partial charge in [0.1, 0.15) is 4.21 Å². The van der Waals surface area contributed by atoms with Gasteiger partial charge in [0.2, 0.25) is 5.91 Å². The van der Waals surface area contributed by atoms with Crippen LogP contribution in [0.15, 0.2) is 46.0 Å². The molecular formula is C20H27N3O4S2. The highest BCUT2D eigenvalue weighted by atomic mass is 32.2. The van der Waals surface area contributed by atoms with Crippen LogP contribution in [0.4, 0.5) is 0 Å². The Kier molecular flexibility index (Phi) is 7.42. The molecule has 1 aliphatic rings. The first-order chi connectivity index (χ1) is 13.8. The van der Waals surface area contributed by atoms with Gasteiger partial charge < -0.3 is 10.4 Å². The summed E-state index contributed by atoms with van der Waals surface area (Å²) in [6.45, 7) is 2.79. The topological polar surface area (TPSA) is 89.9 Å². The molecule has 2 heterocycles. The van der Waals surface area contributed by atoms with Crippen molar-refractivity contribution < 1.29 is 18.3 Å². The molecule has 1 amide bonds. The maximum atomic E-state index is 12.4. The number of aliphatic hydroxyl groups excluding tert-OH is 1. The Hall–Kier alpha value is -1.78. The molecule has 0 aliphatic carbocycles. The van der Waals surface area contributed by atoms with Crippen molar-refractivity contribution in [2.45, 2.75) is 36.2 Å². The van der Waals surface area contributed by atoms with Crippen molar-refractivity contribution in [1.82, 2.24) is 14.5 Å². The zero-order valence-electron chi connectivity index (χ0n) is 16.5. The van der Waals surface area contributed by atoms with Gasteiger partial charge in [-0.1, -0.05) is 30.3 Å². The fourth-order valence-electron chi connectivity index (χ4n) is 3.21. The second kappa shape index (κ2) is 9.82. The molecule has 1 aliphatic heterocycles. The van der Waals surface area contributed by atoms with Crippen LogP contribution in [0.2, 0.25) is 0 Å². The lowest BCUT2D eigenvalue weighted by molar-refractivity contribution is -0.121. The second-order valence-corrected chi connectivity index (χ2v) is 10.5. The fraction of sp³-hybridized carbons (Fsp3) is 0.450. The van der Waals surface area contributed by atoms with Crippen molar-refractivity contribution in [3.63, 3.8) is 0 Å². The van der Waals surface area contributed by atoms with Crippen LogP contribution in [-0.4, -0.2) is 61.4 Å². The molecule has 1 saturated heterocycles. The maximum Gasteiger partial charge on any atom is 0.252 e. The first-order valence-electron chi connectivity index (χ1n) is 9.59. The quantitative estimate of drug-likeness (QED) is 0.655. The third kappa shape index (κ3) is 6.10. The summed E-state index contributed by atoms with van der Waals surface area (Å²) in [4.78, 5) is 14.5. The van der Waals surface area contributed by atoms with Crippen molar-refractivity contribution in [3.8, 4) is 0 Å². The van der Waals surface area contributed by atoms with Crippen LogP contribution in [0.3, 0.4) is 0 Å². The van der Waals surface area contributed by atoms with Gasteiger partial charge in [-0.15, -0.1) is 11.3 Å². The number of aliphatic hydroxyl groups is 1. The molecular weight excluding hydrogens is 410 g/mol. The lowest BCUT2D eigenvalue weighted by Crippen LogP contribution is -2.37. The average Bonchev–Trinajstić information content (AvgIpc) is 3.25. The molecule has 9 heteroatoms. The highest BCUT2D eigenvalue weighted by Crippen LogP contribution is 2.19. The van der Waals surface area contributed by atoms with Gasteiger partial charge in [0.05, 0.1) is 12.6 Å². The van der Waals surface area contributed by atoms with Gasteiger partial charge in [-0.25, -0.2) is 8.42 Å². The normalized spacial score (nSPS) is 16.2. The van der Waals surface area contributed by atoms with Gasteiger partial charge in [-0.05, 0) is 35.4 Å². The van der Waals surface area contributed by atoms with Gasteiger partial charge in [-0.2, -0.15) is 4.31 Å². The summed E-state index contributed by atoms with van der Waals surface area (Å²) in [6.07, 6.45) is 1.47. The molecule has 158 valence electrons. The molecule has 0 unspecified atom stereocenters. The number of likely N-dealkylation sites (tertiary alicyclic amines) is 1. The van der Waals surface area contributed by atoms with Crippen LogP contribution in [-0.2, 0) is 27.9 Å². The van der Waals surface area contributed by atoms with E-state index in [9.17, 15) is 18.3 Å². The van der Waals surface area contributed by atoms with E-state index in [0.717, 1.165) is 53.7 Å². The molecule has 0 atom stereocenters. The van der Waals surface area contributed by atoms with Crippen molar-refractivity contribution >= 4 is 27.3 Å². The van der Waals surface area contributed by atoms with E-state index in [1.165, 1.54) is 18.7 Å². The second-order valence-electron chi connectivity index (χ2n) is 7.29. The summed E-state index contributed by atoms with van der Waals surface area (Å²) in [5, 5.41) is 14.1. The van der Waals surface area contributed by atoms with Crippen molar-refractivity contribution in [2.75, 3.05) is 26.7 Å². The van der Waals surface area contributed by atoms with Crippen molar-refractivity contribution in [3.05, 3.63) is 52.9 Å². The summed E-state index contributed by atoms with van der Waals surface area (Å²) in [5.74, 6) is -0.344. The van der Waals surface area contributed by atoms with E-state index in [-0.39, 0.29) is 22.8 Å². The Balaban J connectivity index is 1.45. The summed E-state index contributed by atoms with van der Waals surface area (Å²) in [7, 11) is -2.22. The SMILES string of the molecule is CN(CC(=O)NCc1ccc(CN2CCC(O)CC2)cc1)S(=O)(=O)c1cccs1. The number of nitrogens with zero attached hydrogens (tertiary/aromatic N) is 2. The van der Waals surface area contributed by atoms with Crippen LogP contribution >= 0.6 is 11.3 Å². The Morgan fingerprint density at radius 1 is 1.21 bits per heavy atom. The number of hydrogen-bond acceptors (Lipinski definition) is 6. The molecule has 1 aromatic heterocycles. The van der Waals surface area contributed by atoms with Gasteiger partial charge in [0, 0.05) is 33.2 Å². The van der Waals surface area contributed by atoms with Crippen molar-refractivity contribution in [2.24, 2.45) is 0 Å². The largest absolute Gasteiger partial charge is 0.393 e. The third-order valence-electron chi connectivity index (χ3n) is 5.00. The summed E-state index contributed by atoms with van der Waals surface area (Å²) < 4.78 is 26.0. The lowest BCUT2D eigenvalue weighted by atomic mass is 10.1. The number of benzene rings is 1. The average molecular weight is 438 g/mol. The molecule has 0 spiro atoms. The number of amides is 1. The third-order valence-corrected chi connectivity index (χ3v) is 8.18. The van der Waals surface area contributed by atoms with E-state index in [4.69, 9.17) is 0 Å². The molecule has 0 saturated carbocycles. The standard InChI is InChI=1S/C20H27N3O4S2/c1-22(29(26,27)20-3-2-12-28-20)15-19(25)21-13-16-4-6-17(7-5-16)14-23-10-8-18(24)9-11-23/h2-7,12,18,24H,8-11,13-15H2,1H3,(H,21,25). The minimum Gasteiger partial charge on any atom is -0.393 e. The highest BCUT2D eigenvalue weighted by molar-refractivity contribution is 7.91. The molecule has 29 heavy (non-hydrogen) atoms. The van der Waals surface area contributed by atoms with E-state index in [1.807, 2.05) is 24.3 Å². The Morgan fingerprint density at radius 2 is 1.86 bits per heavy atom. The number of rotatable bonds is 8. The molecule has 2 aromatic rings. The van der Waals surface area contributed by atoms with Crippen LogP contribution < -0.4 is 5.32 Å². The van der Waals surface area contributed by atoms with E-state index >= 15 is 0 Å². The van der Waals surface area contributed by atoms with Gasteiger partial charge in [0.15, 0.2) is 0 Å². The molecule has 2 N–H and O–H groups in total. The predicted molar refractivity (Wildman–Crippen MR) is 113 cm³/mol. The number of sulfonamides is 1. The van der Waals surface area contributed by atoms with Gasteiger partial charge in [0.25, 0.3) is 10.0 Å². The molecule has 0 bridgehead atoms. The maximum absolute atomic E-state index is 12.4. The number of hydrogen-bond donors (Lipinski definition) is 2. The minimum absolute atomic E-state index is 0.170. The van der Waals surface area contributed by atoms with Crippen LogP contribution in [0.5, 0.6) is 0 Å². The molecule has 7 nitrogen and oxygen atoms in total. The summed E-state index contributed by atoms with van der Waals surface area (Å²) in [5.41, 5.74) is 2.15. The summed E-state index contributed by atoms with van der Waals surface area (Å²) in [6, 6.07) is 11.2. The first-order valence-corrected chi connectivity index (χ1v) is 11.9. The smallest absolute Gasteiger partial charge is 0.252 e. The number of carbonyl (C=O) groups excluding carboxylic acids is 1. The zero-order chi connectivity index (χ0) is 20.9. The monoisotopic (exact) mass is 437 g/mol. The van der Waals surface area contributed by atoms with E-state index in [0.29, 0.717) is 6.54 Å². The minimum atomic E-state index is -3.63. The molecule has 1 fully saturated rings. The van der Waals surface area contributed by atoms with Crippen LogP contribution in [0, 0.1) is 0 Å². The van der Waals surface area contributed by atoms with Crippen LogP contribution in [0.1, 0.15) is 24.0 Å². The van der Waals surface area contributed by atoms with Gasteiger partial charge >= 0.3 is 0 Å². The lowest BCUT2D eigenvalue weighted by Gasteiger charge is -2.29. The number of piperidine rings is 1. The first kappa shape index (κ1) is 21.9. The predicted octanol–water partition coefficient (Wildman–Crippen LogP) is 1.64. The highest BCUT2D eigenvalue weighted by Gasteiger charge is 2.23. The van der Waals surface area contributed by atoms with Crippen LogP contribution in [0.25, 0.3) is 0 Å². The number of carbonyl (C=O) groups is 1. The molecule has 0 radical (unpaired) electrons. The number of likely N-dealkylation sites (N-methyl/N-ethyl adjacent to an activating group) is 1.